The molecule has 2 atom stereocenters. The third-order valence-electron chi connectivity index (χ3n) is 6.64. The van der Waals surface area contributed by atoms with Gasteiger partial charge in [0.2, 0.25) is 0 Å². The number of carbonyl (C=O) groups is 2. The average molecular weight is 495 g/mol. The van der Waals surface area contributed by atoms with Crippen LogP contribution in [0, 0.1) is 11.3 Å². The van der Waals surface area contributed by atoms with Gasteiger partial charge in [0, 0.05) is 36.1 Å². The number of amides is 3. The molecule has 3 heterocycles. The Morgan fingerprint density at radius 1 is 1.12 bits per heavy atom. The van der Waals surface area contributed by atoms with Gasteiger partial charge in [-0.2, -0.15) is 5.26 Å². The van der Waals surface area contributed by atoms with Crippen molar-refractivity contribution < 1.29 is 14.0 Å². The number of likely N-dealkylation sites (tertiary alicyclic amines) is 1. The molecule has 2 saturated heterocycles. The molecule has 3 aromatic rings. The van der Waals surface area contributed by atoms with Crippen LogP contribution >= 0.6 is 23.2 Å². The summed E-state index contributed by atoms with van der Waals surface area (Å²) >= 11 is 12.4. The Labute approximate surface area is 206 Å². The number of anilines is 1. The molecule has 0 saturated carbocycles. The molecule has 34 heavy (non-hydrogen) atoms. The molecule has 172 valence electrons. The van der Waals surface area contributed by atoms with E-state index in [0.29, 0.717) is 40.9 Å². The second-order valence-electron chi connectivity index (χ2n) is 8.57. The molecule has 0 N–H and O–H groups in total. The lowest BCUT2D eigenvalue weighted by Crippen LogP contribution is -2.53. The molecule has 3 amide bonds. The number of rotatable bonds is 4. The monoisotopic (exact) mass is 494 g/mol. The van der Waals surface area contributed by atoms with Gasteiger partial charge in [0.1, 0.15) is 11.3 Å². The van der Waals surface area contributed by atoms with Crippen molar-refractivity contribution in [3.63, 3.8) is 0 Å². The van der Waals surface area contributed by atoms with Crippen molar-refractivity contribution >= 4 is 40.8 Å². The predicted octanol–water partition coefficient (Wildman–Crippen LogP) is 4.89. The number of imide groups is 1. The molecule has 7 nitrogen and oxygen atoms in total. The lowest BCUT2D eigenvalue weighted by molar-refractivity contribution is -0.124. The summed E-state index contributed by atoms with van der Waals surface area (Å²) in [4.78, 5) is 32.4. The summed E-state index contributed by atoms with van der Waals surface area (Å²) in [5.41, 5.74) is 0.590. The van der Waals surface area contributed by atoms with E-state index < -0.39 is 11.6 Å². The van der Waals surface area contributed by atoms with Crippen LogP contribution in [0.2, 0.25) is 10.0 Å². The smallest absolute Gasteiger partial charge is 0.332 e. The maximum absolute atomic E-state index is 14.1. The van der Waals surface area contributed by atoms with Gasteiger partial charge >= 0.3 is 6.03 Å². The highest BCUT2D eigenvalue weighted by molar-refractivity contribution is 6.35. The molecule has 0 unspecified atom stereocenters. The first-order valence-corrected chi connectivity index (χ1v) is 11.4. The number of nitrogens with zero attached hydrogens (tertiary/aromatic N) is 4. The lowest BCUT2D eigenvalue weighted by atomic mass is 9.80. The van der Waals surface area contributed by atoms with Gasteiger partial charge < -0.3 is 9.32 Å². The summed E-state index contributed by atoms with van der Waals surface area (Å²) in [6.07, 6.45) is 1.61. The van der Waals surface area contributed by atoms with Crippen LogP contribution in [0.3, 0.4) is 0 Å². The van der Waals surface area contributed by atoms with Crippen LogP contribution in [0.4, 0.5) is 10.5 Å². The first-order chi connectivity index (χ1) is 16.3. The second kappa shape index (κ2) is 8.48. The molecule has 2 aliphatic heterocycles. The summed E-state index contributed by atoms with van der Waals surface area (Å²) in [7, 11) is 1.65. The number of carbonyl (C=O) groups excluding carboxylic acids is 2. The Bertz CT molecular complexity index is 1280. The van der Waals surface area contributed by atoms with E-state index in [1.54, 1.807) is 43.6 Å². The summed E-state index contributed by atoms with van der Waals surface area (Å²) in [6.45, 7) is 1.35. The number of likely N-dealkylation sites (N-methyl/N-ethyl adjacent to an activating group) is 1. The van der Waals surface area contributed by atoms with Crippen molar-refractivity contribution in [2.75, 3.05) is 25.0 Å². The number of hydrogen-bond acceptors (Lipinski definition) is 5. The molecule has 9 heteroatoms. The fourth-order valence-corrected chi connectivity index (χ4v) is 5.55. The summed E-state index contributed by atoms with van der Waals surface area (Å²) in [6, 6.07) is 17.2. The van der Waals surface area contributed by atoms with Gasteiger partial charge in [-0.05, 0) is 48.0 Å². The molecule has 1 aromatic heterocycles. The predicted molar refractivity (Wildman–Crippen MR) is 128 cm³/mol. The Hall–Kier alpha value is -3.31. The van der Waals surface area contributed by atoms with Crippen molar-refractivity contribution in [1.29, 1.82) is 5.26 Å². The SMILES string of the molecule is CN1C(=O)N(c2cc(Cl)cc(Cl)c2)C(=O)[C@]12CN(Cc1ccco1)C[C@H]2c1ccc(C#N)cc1. The minimum absolute atomic E-state index is 0.323. The lowest BCUT2D eigenvalue weighted by Gasteiger charge is -2.34. The minimum atomic E-state index is -1.15. The highest BCUT2D eigenvalue weighted by atomic mass is 35.5. The van der Waals surface area contributed by atoms with Crippen molar-refractivity contribution in [1.82, 2.24) is 9.80 Å². The zero-order valence-electron chi connectivity index (χ0n) is 18.2. The molecular formula is C25H20Cl2N4O3. The third kappa shape index (κ3) is 3.55. The Kier molecular flexibility index (Phi) is 5.61. The van der Waals surface area contributed by atoms with Crippen LogP contribution in [-0.4, -0.2) is 47.4 Å². The molecule has 1 spiro atoms. The van der Waals surface area contributed by atoms with Gasteiger partial charge in [-0.3, -0.25) is 9.69 Å². The molecular weight excluding hydrogens is 475 g/mol. The largest absolute Gasteiger partial charge is 0.468 e. The van der Waals surface area contributed by atoms with E-state index in [9.17, 15) is 14.9 Å². The van der Waals surface area contributed by atoms with Gasteiger partial charge in [-0.1, -0.05) is 35.3 Å². The van der Waals surface area contributed by atoms with Crippen molar-refractivity contribution in [3.05, 3.63) is 87.8 Å². The highest BCUT2D eigenvalue weighted by Gasteiger charge is 2.64. The topological polar surface area (TPSA) is 80.8 Å². The number of furan rings is 1. The van der Waals surface area contributed by atoms with Gasteiger partial charge in [0.25, 0.3) is 5.91 Å². The molecule has 0 bridgehead atoms. The summed E-state index contributed by atoms with van der Waals surface area (Å²) in [5, 5.41) is 9.87. The molecule has 0 aliphatic carbocycles. The number of urea groups is 1. The first kappa shape index (κ1) is 22.5. The van der Waals surface area contributed by atoms with Gasteiger partial charge in [0.15, 0.2) is 0 Å². The van der Waals surface area contributed by atoms with Crippen LogP contribution in [0.1, 0.15) is 22.8 Å². The molecule has 2 fully saturated rings. The van der Waals surface area contributed by atoms with E-state index in [1.165, 1.54) is 4.90 Å². The normalized spacial score (nSPS) is 22.7. The fourth-order valence-electron chi connectivity index (χ4n) is 5.04. The maximum Gasteiger partial charge on any atom is 0.332 e. The Morgan fingerprint density at radius 2 is 1.82 bits per heavy atom. The van der Waals surface area contributed by atoms with E-state index >= 15 is 0 Å². The third-order valence-corrected chi connectivity index (χ3v) is 7.08. The highest BCUT2D eigenvalue weighted by Crippen LogP contribution is 2.47. The average Bonchev–Trinajstić information content (AvgIpc) is 3.50. The molecule has 2 aromatic carbocycles. The number of hydrogen-bond donors (Lipinski definition) is 0. The number of nitriles is 1. The van der Waals surface area contributed by atoms with Crippen LogP contribution in [0.25, 0.3) is 0 Å². The van der Waals surface area contributed by atoms with Gasteiger partial charge in [-0.25, -0.2) is 9.69 Å². The van der Waals surface area contributed by atoms with Crippen LogP contribution in [0.5, 0.6) is 0 Å². The van der Waals surface area contributed by atoms with Crippen molar-refractivity contribution in [3.8, 4) is 6.07 Å². The maximum atomic E-state index is 14.1. The standard InChI is InChI=1S/C25H20Cl2N4O3/c1-29-24(33)31(20-10-18(26)9-19(27)11-20)23(32)25(29)15-30(13-21-3-2-8-34-21)14-22(25)17-6-4-16(12-28)5-7-17/h2-11,22H,13-15H2,1H3/t22-,25+/m0/s1. The van der Waals surface area contributed by atoms with E-state index in [-0.39, 0.29) is 11.8 Å². The quantitative estimate of drug-likeness (QED) is 0.482. The van der Waals surface area contributed by atoms with Gasteiger partial charge in [-0.15, -0.1) is 0 Å². The number of halogens is 2. The van der Waals surface area contributed by atoms with Crippen LogP contribution in [-0.2, 0) is 11.3 Å². The zero-order valence-corrected chi connectivity index (χ0v) is 19.8. The first-order valence-electron chi connectivity index (χ1n) is 10.7. The Balaban J connectivity index is 1.59. The Morgan fingerprint density at radius 3 is 2.44 bits per heavy atom. The van der Waals surface area contributed by atoms with E-state index in [0.717, 1.165) is 16.2 Å². The van der Waals surface area contributed by atoms with Crippen LogP contribution < -0.4 is 4.90 Å². The summed E-state index contributed by atoms with van der Waals surface area (Å²) < 4.78 is 5.53. The van der Waals surface area contributed by atoms with E-state index in [2.05, 4.69) is 11.0 Å². The zero-order chi connectivity index (χ0) is 24.0. The van der Waals surface area contributed by atoms with E-state index in [1.807, 2.05) is 24.3 Å². The van der Waals surface area contributed by atoms with Crippen LogP contribution in [0.15, 0.2) is 65.3 Å². The van der Waals surface area contributed by atoms with E-state index in [4.69, 9.17) is 27.6 Å². The molecule has 5 rings (SSSR count). The van der Waals surface area contributed by atoms with Gasteiger partial charge in [0.05, 0.1) is 30.1 Å². The van der Waals surface area contributed by atoms with Crippen molar-refractivity contribution in [2.45, 2.75) is 18.0 Å². The number of benzene rings is 2. The fraction of sp³-hybridized carbons (Fsp3) is 0.240. The molecule has 2 aliphatic rings. The minimum Gasteiger partial charge on any atom is -0.468 e. The van der Waals surface area contributed by atoms with Crippen molar-refractivity contribution in [2.24, 2.45) is 0 Å². The summed E-state index contributed by atoms with van der Waals surface area (Å²) in [5.74, 6) is 0.111. The molecule has 0 radical (unpaired) electrons. The second-order valence-corrected chi connectivity index (χ2v) is 9.44.